The number of hydrogen-bond donors (Lipinski definition) is 1. The maximum Gasteiger partial charge on any atom is 0.142 e. The number of ketones is 1. The predicted octanol–water partition coefficient (Wildman–Crippen LogP) is 1.02. The number of rotatable bonds is 4. The molecule has 0 bridgehead atoms. The summed E-state index contributed by atoms with van der Waals surface area (Å²) in [5.41, 5.74) is 0.816. The third kappa shape index (κ3) is 2.37. The Labute approximate surface area is 86.9 Å². The van der Waals surface area contributed by atoms with Crippen LogP contribution in [0, 0.1) is 5.92 Å². The lowest BCUT2D eigenvalue weighted by Gasteiger charge is -2.01. The average molecular weight is 205 g/mol. The normalized spacial score (nSPS) is 16.4. The number of hydrogen-bond acceptors (Lipinski definition) is 5. The van der Waals surface area contributed by atoms with Crippen molar-refractivity contribution in [2.75, 3.05) is 0 Å². The maximum atomic E-state index is 11.5. The van der Waals surface area contributed by atoms with Crippen LogP contribution in [0.5, 0.6) is 0 Å². The van der Waals surface area contributed by atoms with Gasteiger partial charge in [0.05, 0.1) is 12.1 Å². The van der Waals surface area contributed by atoms with E-state index in [4.69, 9.17) is 5.21 Å². The molecular formula is C10H11N3O2. The second kappa shape index (κ2) is 4.16. The zero-order valence-corrected chi connectivity index (χ0v) is 8.13. The quantitative estimate of drug-likeness (QED) is 0.452. The largest absolute Gasteiger partial charge is 0.411 e. The summed E-state index contributed by atoms with van der Waals surface area (Å²) in [4.78, 5) is 19.2. The Hall–Kier alpha value is -1.78. The van der Waals surface area contributed by atoms with Crippen LogP contribution in [0.3, 0.4) is 0 Å². The fraction of sp³-hybridized carbons (Fsp3) is 0.400. The van der Waals surface area contributed by atoms with Gasteiger partial charge in [0.15, 0.2) is 0 Å². The van der Waals surface area contributed by atoms with Crippen molar-refractivity contribution in [3.8, 4) is 0 Å². The summed E-state index contributed by atoms with van der Waals surface area (Å²) < 4.78 is 0. The topological polar surface area (TPSA) is 75.4 Å². The van der Waals surface area contributed by atoms with Crippen molar-refractivity contribution in [3.05, 3.63) is 24.3 Å². The van der Waals surface area contributed by atoms with E-state index >= 15 is 0 Å². The highest BCUT2D eigenvalue weighted by Gasteiger charge is 2.30. The Morgan fingerprint density at radius 1 is 1.60 bits per heavy atom. The Bertz CT molecular complexity index is 385. The van der Waals surface area contributed by atoms with Crippen molar-refractivity contribution in [3.63, 3.8) is 0 Å². The molecule has 5 heteroatoms. The van der Waals surface area contributed by atoms with E-state index in [1.165, 1.54) is 6.33 Å². The number of carbonyl (C=O) groups excluding carboxylic acids is 1. The number of aromatic nitrogens is 2. The summed E-state index contributed by atoms with van der Waals surface area (Å²) in [7, 11) is 0. The summed E-state index contributed by atoms with van der Waals surface area (Å²) in [5.74, 6) is 0.296. The predicted molar refractivity (Wildman–Crippen MR) is 52.7 cm³/mol. The summed E-state index contributed by atoms with van der Waals surface area (Å²) in [5, 5.41) is 11.9. The molecule has 1 heterocycles. The third-order valence-electron chi connectivity index (χ3n) is 2.37. The number of carbonyl (C=O) groups is 1. The lowest BCUT2D eigenvalue weighted by Crippen LogP contribution is -2.12. The van der Waals surface area contributed by atoms with E-state index in [1.807, 2.05) is 0 Å². The first-order valence-electron chi connectivity index (χ1n) is 4.81. The van der Waals surface area contributed by atoms with Crippen LogP contribution in [0.4, 0.5) is 0 Å². The lowest BCUT2D eigenvalue weighted by atomic mass is 10.1. The lowest BCUT2D eigenvalue weighted by molar-refractivity contribution is -0.119. The van der Waals surface area contributed by atoms with Crippen molar-refractivity contribution in [1.82, 2.24) is 9.97 Å². The van der Waals surface area contributed by atoms with E-state index in [9.17, 15) is 4.79 Å². The summed E-state index contributed by atoms with van der Waals surface area (Å²) >= 11 is 0. The summed E-state index contributed by atoms with van der Waals surface area (Å²) in [6, 6.07) is 1.62. The molecule has 0 spiro atoms. The molecule has 0 radical (unpaired) electrons. The van der Waals surface area contributed by atoms with Crippen molar-refractivity contribution >= 4 is 11.5 Å². The molecule has 1 aromatic rings. The highest BCUT2D eigenvalue weighted by Crippen LogP contribution is 2.31. The number of oxime groups is 1. The minimum absolute atomic E-state index is 0.126. The summed E-state index contributed by atoms with van der Waals surface area (Å²) in [6.07, 6.45) is 4.98. The van der Waals surface area contributed by atoms with Gasteiger partial charge in [0.1, 0.15) is 17.8 Å². The van der Waals surface area contributed by atoms with Gasteiger partial charge in [-0.15, -0.1) is 0 Å². The third-order valence-corrected chi connectivity index (χ3v) is 2.37. The maximum absolute atomic E-state index is 11.5. The number of Topliss-reactive ketones (excluding diaryl/α,β-unsaturated/α-hetero) is 1. The zero-order chi connectivity index (χ0) is 10.7. The second-order valence-corrected chi connectivity index (χ2v) is 3.56. The SMILES string of the molecule is O=C(C/C(=N/O)c1ccncn1)C1CC1. The van der Waals surface area contributed by atoms with Crippen LogP contribution in [0.1, 0.15) is 25.0 Å². The van der Waals surface area contributed by atoms with Crippen LogP contribution in [0.15, 0.2) is 23.7 Å². The van der Waals surface area contributed by atoms with E-state index in [0.717, 1.165) is 12.8 Å². The van der Waals surface area contributed by atoms with Gasteiger partial charge in [0.2, 0.25) is 0 Å². The molecule has 1 N–H and O–H groups in total. The second-order valence-electron chi connectivity index (χ2n) is 3.56. The molecule has 0 aliphatic heterocycles. The van der Waals surface area contributed by atoms with Crippen molar-refractivity contribution in [2.24, 2.45) is 11.1 Å². The molecule has 0 unspecified atom stereocenters. The van der Waals surface area contributed by atoms with Gasteiger partial charge in [-0.2, -0.15) is 0 Å². The molecule has 2 rings (SSSR count). The fourth-order valence-electron chi connectivity index (χ4n) is 1.35. The average Bonchev–Trinajstić information content (AvgIpc) is 3.10. The monoisotopic (exact) mass is 205 g/mol. The van der Waals surface area contributed by atoms with Crippen LogP contribution < -0.4 is 0 Å². The zero-order valence-electron chi connectivity index (χ0n) is 8.13. The molecule has 1 saturated carbocycles. The Morgan fingerprint density at radius 3 is 2.93 bits per heavy atom. The van der Waals surface area contributed by atoms with Gasteiger partial charge in [-0.05, 0) is 18.9 Å². The Morgan fingerprint density at radius 2 is 2.40 bits per heavy atom. The van der Waals surface area contributed by atoms with E-state index in [2.05, 4.69) is 15.1 Å². The van der Waals surface area contributed by atoms with Crippen molar-refractivity contribution in [1.29, 1.82) is 0 Å². The molecule has 0 amide bonds. The first kappa shape index (κ1) is 9.76. The molecule has 78 valence electrons. The molecule has 1 fully saturated rings. The van der Waals surface area contributed by atoms with E-state index in [0.29, 0.717) is 11.4 Å². The highest BCUT2D eigenvalue weighted by molar-refractivity contribution is 6.10. The molecule has 1 aromatic heterocycles. The van der Waals surface area contributed by atoms with Gasteiger partial charge in [0.25, 0.3) is 0 Å². The molecule has 1 aliphatic carbocycles. The molecule has 0 saturated heterocycles. The van der Waals surface area contributed by atoms with E-state index in [1.54, 1.807) is 12.3 Å². The van der Waals surface area contributed by atoms with Crippen LogP contribution in [0.2, 0.25) is 0 Å². The number of nitrogens with zero attached hydrogens (tertiary/aromatic N) is 3. The highest BCUT2D eigenvalue weighted by atomic mass is 16.4. The van der Waals surface area contributed by atoms with Crippen LogP contribution in [-0.2, 0) is 4.79 Å². The van der Waals surface area contributed by atoms with Crippen LogP contribution >= 0.6 is 0 Å². The van der Waals surface area contributed by atoms with Crippen molar-refractivity contribution in [2.45, 2.75) is 19.3 Å². The fourth-order valence-corrected chi connectivity index (χ4v) is 1.35. The molecule has 1 aliphatic rings. The Kier molecular flexibility index (Phi) is 2.71. The van der Waals surface area contributed by atoms with Gasteiger partial charge in [-0.25, -0.2) is 9.97 Å². The Balaban J connectivity index is 2.08. The molecular weight excluding hydrogens is 194 g/mol. The first-order valence-corrected chi connectivity index (χ1v) is 4.81. The van der Waals surface area contributed by atoms with Crippen molar-refractivity contribution < 1.29 is 10.0 Å². The van der Waals surface area contributed by atoms with Gasteiger partial charge >= 0.3 is 0 Å². The van der Waals surface area contributed by atoms with Crippen LogP contribution in [0.25, 0.3) is 0 Å². The van der Waals surface area contributed by atoms with Gasteiger partial charge in [-0.1, -0.05) is 5.16 Å². The van der Waals surface area contributed by atoms with Gasteiger partial charge in [-0.3, -0.25) is 4.79 Å². The van der Waals surface area contributed by atoms with E-state index in [-0.39, 0.29) is 18.1 Å². The minimum atomic E-state index is 0.126. The molecule has 0 atom stereocenters. The molecule has 0 aromatic carbocycles. The molecule has 15 heavy (non-hydrogen) atoms. The van der Waals surface area contributed by atoms with Gasteiger partial charge < -0.3 is 5.21 Å². The minimum Gasteiger partial charge on any atom is -0.411 e. The van der Waals surface area contributed by atoms with Gasteiger partial charge in [0, 0.05) is 12.1 Å². The standard InChI is InChI=1S/C10H11N3O2/c14-10(7-1-2-7)5-9(13-15)8-3-4-11-6-12-8/h3-4,6-7,15H,1-2,5H2/b13-9-. The molecule has 5 nitrogen and oxygen atoms in total. The first-order chi connectivity index (χ1) is 7.31. The summed E-state index contributed by atoms with van der Waals surface area (Å²) in [6.45, 7) is 0. The van der Waals surface area contributed by atoms with Crippen LogP contribution in [-0.4, -0.2) is 26.7 Å². The smallest absolute Gasteiger partial charge is 0.142 e. The van der Waals surface area contributed by atoms with E-state index < -0.39 is 0 Å².